The van der Waals surface area contributed by atoms with Crippen molar-refractivity contribution < 1.29 is 4.74 Å². The van der Waals surface area contributed by atoms with E-state index in [1.165, 1.54) is 44.9 Å². The first-order valence-electron chi connectivity index (χ1n) is 8.29. The maximum atomic E-state index is 6.44. The van der Waals surface area contributed by atoms with Gasteiger partial charge in [-0.15, -0.1) is 0 Å². The molecule has 1 spiro atoms. The summed E-state index contributed by atoms with van der Waals surface area (Å²) in [4.78, 5) is 0. The van der Waals surface area contributed by atoms with E-state index in [1.54, 1.807) is 0 Å². The van der Waals surface area contributed by atoms with Crippen LogP contribution in [0.15, 0.2) is 0 Å². The molecule has 2 heteroatoms. The highest BCUT2D eigenvalue weighted by atomic mass is 16.5. The Bertz CT molecular complexity index is 327. The average Bonchev–Trinajstić information content (AvgIpc) is 2.64. The SMILES string of the molecule is CC1(C)C(NCC2CCC3(CCCCC3)O2)C1(C)C. The van der Waals surface area contributed by atoms with Crippen LogP contribution in [0.3, 0.4) is 0 Å². The molecule has 1 unspecified atom stereocenters. The van der Waals surface area contributed by atoms with Crippen molar-refractivity contribution in [3.05, 3.63) is 0 Å². The Hall–Kier alpha value is -0.0800. The van der Waals surface area contributed by atoms with Gasteiger partial charge in [0.25, 0.3) is 0 Å². The zero-order valence-electron chi connectivity index (χ0n) is 13.2. The van der Waals surface area contributed by atoms with Crippen molar-refractivity contribution in [1.82, 2.24) is 5.32 Å². The highest BCUT2D eigenvalue weighted by Crippen LogP contribution is 2.62. The third kappa shape index (κ3) is 2.25. The van der Waals surface area contributed by atoms with Crippen molar-refractivity contribution in [2.45, 2.75) is 90.4 Å². The molecule has 0 aromatic heterocycles. The highest BCUT2D eigenvalue weighted by Gasteiger charge is 2.64. The van der Waals surface area contributed by atoms with Gasteiger partial charge < -0.3 is 10.1 Å². The summed E-state index contributed by atoms with van der Waals surface area (Å²) in [6.45, 7) is 10.6. The third-order valence-electron chi connectivity index (χ3n) is 6.67. The van der Waals surface area contributed by atoms with Crippen LogP contribution >= 0.6 is 0 Å². The smallest absolute Gasteiger partial charge is 0.0708 e. The molecule has 1 aliphatic heterocycles. The van der Waals surface area contributed by atoms with Crippen molar-refractivity contribution in [3.63, 3.8) is 0 Å². The molecule has 2 nitrogen and oxygen atoms in total. The third-order valence-corrected chi connectivity index (χ3v) is 6.67. The molecule has 0 amide bonds. The van der Waals surface area contributed by atoms with Crippen LogP contribution in [0.4, 0.5) is 0 Å². The lowest BCUT2D eigenvalue weighted by Gasteiger charge is -2.33. The van der Waals surface area contributed by atoms with Crippen LogP contribution in [0.5, 0.6) is 0 Å². The van der Waals surface area contributed by atoms with Gasteiger partial charge in [-0.05, 0) is 36.5 Å². The molecule has 1 atom stereocenters. The Morgan fingerprint density at radius 3 is 2.16 bits per heavy atom. The van der Waals surface area contributed by atoms with Gasteiger partial charge in [0.05, 0.1) is 11.7 Å². The fourth-order valence-corrected chi connectivity index (χ4v) is 4.56. The van der Waals surface area contributed by atoms with Crippen LogP contribution in [0, 0.1) is 10.8 Å². The quantitative estimate of drug-likeness (QED) is 0.836. The van der Waals surface area contributed by atoms with Gasteiger partial charge in [0.15, 0.2) is 0 Å². The lowest BCUT2D eigenvalue weighted by molar-refractivity contribution is -0.0626. The molecule has 2 saturated carbocycles. The van der Waals surface area contributed by atoms with E-state index in [2.05, 4.69) is 33.0 Å². The molecule has 2 aliphatic carbocycles. The van der Waals surface area contributed by atoms with Crippen LogP contribution in [-0.4, -0.2) is 24.3 Å². The Labute approximate surface area is 118 Å². The predicted molar refractivity (Wildman–Crippen MR) is 79.3 cm³/mol. The molecule has 1 saturated heterocycles. The van der Waals surface area contributed by atoms with Gasteiger partial charge in [-0.3, -0.25) is 0 Å². The first-order valence-corrected chi connectivity index (χ1v) is 8.29. The van der Waals surface area contributed by atoms with Crippen LogP contribution in [-0.2, 0) is 4.74 Å². The van der Waals surface area contributed by atoms with Crippen molar-refractivity contribution in [1.29, 1.82) is 0 Å². The van der Waals surface area contributed by atoms with Gasteiger partial charge in [-0.2, -0.15) is 0 Å². The van der Waals surface area contributed by atoms with Crippen molar-refractivity contribution in [2.24, 2.45) is 10.8 Å². The lowest BCUT2D eigenvalue weighted by atomic mass is 9.83. The number of ether oxygens (including phenoxy) is 1. The van der Waals surface area contributed by atoms with Crippen molar-refractivity contribution >= 4 is 0 Å². The monoisotopic (exact) mass is 265 g/mol. The summed E-state index contributed by atoms with van der Waals surface area (Å²) < 4.78 is 6.44. The Morgan fingerprint density at radius 2 is 1.58 bits per heavy atom. The van der Waals surface area contributed by atoms with Crippen LogP contribution < -0.4 is 5.32 Å². The summed E-state index contributed by atoms with van der Waals surface area (Å²) in [7, 11) is 0. The van der Waals surface area contributed by atoms with Crippen LogP contribution in [0.25, 0.3) is 0 Å². The van der Waals surface area contributed by atoms with Crippen LogP contribution in [0.1, 0.15) is 72.6 Å². The average molecular weight is 265 g/mol. The topological polar surface area (TPSA) is 21.3 Å². The summed E-state index contributed by atoms with van der Waals surface area (Å²) in [5, 5.41) is 3.78. The second-order valence-corrected chi connectivity index (χ2v) is 8.31. The molecule has 1 N–H and O–H groups in total. The van der Waals surface area contributed by atoms with Gasteiger partial charge in [0, 0.05) is 12.6 Å². The number of hydrogen-bond acceptors (Lipinski definition) is 2. The molecular formula is C17H31NO. The molecule has 3 aliphatic rings. The molecule has 1 heterocycles. The zero-order chi connectivity index (χ0) is 13.7. The second kappa shape index (κ2) is 4.46. The number of hydrogen-bond donors (Lipinski definition) is 1. The van der Waals surface area contributed by atoms with Crippen LogP contribution in [0.2, 0.25) is 0 Å². The van der Waals surface area contributed by atoms with E-state index in [0.717, 1.165) is 6.54 Å². The van der Waals surface area contributed by atoms with E-state index in [0.29, 0.717) is 23.0 Å². The summed E-state index contributed by atoms with van der Waals surface area (Å²) in [5.41, 5.74) is 1.15. The minimum atomic E-state index is 0.277. The summed E-state index contributed by atoms with van der Waals surface area (Å²) in [6.07, 6.45) is 9.82. The first-order chi connectivity index (χ1) is 8.87. The van der Waals surface area contributed by atoms with E-state index in [-0.39, 0.29) is 5.60 Å². The van der Waals surface area contributed by atoms with E-state index < -0.39 is 0 Å². The van der Waals surface area contributed by atoms with Gasteiger partial charge in [-0.25, -0.2) is 0 Å². The summed E-state index contributed by atoms with van der Waals surface area (Å²) in [5.74, 6) is 0. The fraction of sp³-hybridized carbons (Fsp3) is 1.00. The normalized spacial score (nSPS) is 35.7. The minimum absolute atomic E-state index is 0.277. The first kappa shape index (κ1) is 13.9. The molecular weight excluding hydrogens is 234 g/mol. The van der Waals surface area contributed by atoms with Gasteiger partial charge in [0.1, 0.15) is 0 Å². The maximum Gasteiger partial charge on any atom is 0.0708 e. The van der Waals surface area contributed by atoms with E-state index in [1.807, 2.05) is 0 Å². The van der Waals surface area contributed by atoms with E-state index in [4.69, 9.17) is 4.74 Å². The molecule has 0 bridgehead atoms. The molecule has 110 valence electrons. The Balaban J connectivity index is 1.48. The largest absolute Gasteiger partial charge is 0.370 e. The number of nitrogens with one attached hydrogen (secondary N) is 1. The minimum Gasteiger partial charge on any atom is -0.370 e. The molecule has 0 aromatic carbocycles. The molecule has 19 heavy (non-hydrogen) atoms. The van der Waals surface area contributed by atoms with E-state index in [9.17, 15) is 0 Å². The summed E-state index contributed by atoms with van der Waals surface area (Å²) >= 11 is 0. The maximum absolute atomic E-state index is 6.44. The van der Waals surface area contributed by atoms with Crippen molar-refractivity contribution in [2.75, 3.05) is 6.54 Å². The van der Waals surface area contributed by atoms with Gasteiger partial charge >= 0.3 is 0 Å². The fourth-order valence-electron chi connectivity index (χ4n) is 4.56. The van der Waals surface area contributed by atoms with Crippen molar-refractivity contribution in [3.8, 4) is 0 Å². The highest BCUT2D eigenvalue weighted by molar-refractivity contribution is 5.17. The van der Waals surface area contributed by atoms with E-state index >= 15 is 0 Å². The standard InChI is InChI=1S/C17H31NO/c1-15(2)14(16(15,3)4)18-12-13-8-11-17(19-13)9-6-5-7-10-17/h13-14,18H,5-12H2,1-4H3. The van der Waals surface area contributed by atoms with Gasteiger partial charge in [-0.1, -0.05) is 47.0 Å². The zero-order valence-corrected chi connectivity index (χ0v) is 13.2. The molecule has 3 fully saturated rings. The second-order valence-electron chi connectivity index (χ2n) is 8.31. The molecule has 3 rings (SSSR count). The predicted octanol–water partition coefficient (Wildman–Crippen LogP) is 3.89. The van der Waals surface area contributed by atoms with Gasteiger partial charge in [0.2, 0.25) is 0 Å². The molecule has 0 radical (unpaired) electrons. The molecule has 0 aromatic rings. The number of rotatable bonds is 3. The Morgan fingerprint density at radius 1 is 0.947 bits per heavy atom. The Kier molecular flexibility index (Phi) is 3.26. The summed E-state index contributed by atoms with van der Waals surface area (Å²) in [6, 6.07) is 0.659. The lowest BCUT2D eigenvalue weighted by Crippen LogP contribution is -2.36.